The van der Waals surface area contributed by atoms with Gasteiger partial charge in [0.25, 0.3) is 0 Å². The summed E-state index contributed by atoms with van der Waals surface area (Å²) in [5.74, 6) is 0.347. The van der Waals surface area contributed by atoms with E-state index >= 15 is 0 Å². The molecule has 0 aromatic heterocycles. The molecule has 0 fully saturated rings. The van der Waals surface area contributed by atoms with Crippen LogP contribution in [0.5, 0.6) is 11.5 Å². The maximum absolute atomic E-state index is 8.62. The molecule has 1 rings (SSSR count). The maximum atomic E-state index is 8.62. The topological polar surface area (TPSA) is 68.2 Å². The van der Waals surface area contributed by atoms with Gasteiger partial charge in [0.05, 0.1) is 7.98 Å². The summed E-state index contributed by atoms with van der Waals surface area (Å²) in [6.07, 6.45) is 0. The van der Waals surface area contributed by atoms with Gasteiger partial charge in [-0.25, -0.2) is 0 Å². The minimum Gasteiger partial charge on any atom is -0.512 e. The molecule has 0 saturated heterocycles. The average molecular weight is 213 g/mol. The summed E-state index contributed by atoms with van der Waals surface area (Å²) in [6.45, 7) is 0.723. The van der Waals surface area contributed by atoms with Crippen LogP contribution in [0.4, 0.5) is 0 Å². The second-order valence-electron chi connectivity index (χ2n) is 2.66. The highest BCUT2D eigenvalue weighted by molar-refractivity contribution is 6.33. The van der Waals surface area contributed by atoms with Gasteiger partial charge < -0.3 is 24.2 Å². The fourth-order valence-corrected chi connectivity index (χ4v) is 0.929. The standard InChI is InChI=1S/C9H13BO5/c1-13-5-6-14-8-3-2-4-9(7-8)15-10(11)12/h2-4,7,11-12H,5-6H2,1H3/i7D. The van der Waals surface area contributed by atoms with Crippen LogP contribution in [0.1, 0.15) is 1.37 Å². The molecule has 0 bridgehead atoms. The fraction of sp³-hybridized carbons (Fsp3) is 0.333. The third-order valence-corrected chi connectivity index (χ3v) is 1.52. The molecule has 15 heavy (non-hydrogen) atoms. The Morgan fingerprint density at radius 3 is 2.73 bits per heavy atom. The summed E-state index contributed by atoms with van der Waals surface area (Å²) in [5.41, 5.74) is 0. The van der Waals surface area contributed by atoms with Crippen molar-refractivity contribution < 1.29 is 25.5 Å². The molecular weight excluding hydrogens is 199 g/mol. The van der Waals surface area contributed by atoms with E-state index in [1.54, 1.807) is 19.2 Å². The first-order chi connectivity index (χ1) is 7.65. The fourth-order valence-electron chi connectivity index (χ4n) is 0.929. The molecule has 0 radical (unpaired) electrons. The number of benzene rings is 1. The highest BCUT2D eigenvalue weighted by Crippen LogP contribution is 2.19. The molecule has 0 aliphatic carbocycles. The molecular formula is C9H13BO5. The van der Waals surface area contributed by atoms with Gasteiger partial charge in [-0.05, 0) is 12.1 Å². The molecule has 0 spiro atoms. The van der Waals surface area contributed by atoms with Crippen LogP contribution in [0.2, 0.25) is 0 Å². The summed E-state index contributed by atoms with van der Waals surface area (Å²) in [5, 5.41) is 17.2. The Bertz CT molecular complexity index is 334. The summed E-state index contributed by atoms with van der Waals surface area (Å²) < 4.78 is 22.3. The largest absolute Gasteiger partial charge is 0.707 e. The molecule has 6 heteroatoms. The molecule has 1 aromatic rings. The minimum absolute atomic E-state index is 0.0355. The molecule has 0 aliphatic rings. The van der Waals surface area contributed by atoms with Crippen LogP contribution in [0.15, 0.2) is 24.2 Å². The molecule has 0 atom stereocenters. The van der Waals surface area contributed by atoms with Crippen molar-refractivity contribution in [2.45, 2.75) is 0 Å². The van der Waals surface area contributed by atoms with Crippen molar-refractivity contribution in [3.63, 3.8) is 0 Å². The Labute approximate surface area is 89.8 Å². The summed E-state index contributed by atoms with van der Waals surface area (Å²) >= 11 is 0. The lowest BCUT2D eigenvalue weighted by atomic mass is 10.2. The van der Waals surface area contributed by atoms with E-state index in [2.05, 4.69) is 4.65 Å². The van der Waals surface area contributed by atoms with Gasteiger partial charge in [0.2, 0.25) is 0 Å². The van der Waals surface area contributed by atoms with Crippen molar-refractivity contribution in [1.82, 2.24) is 0 Å². The van der Waals surface area contributed by atoms with Gasteiger partial charge in [0, 0.05) is 13.2 Å². The predicted molar refractivity (Wildman–Crippen MR) is 54.6 cm³/mol. The van der Waals surface area contributed by atoms with Crippen LogP contribution < -0.4 is 9.39 Å². The third kappa shape index (κ3) is 4.69. The van der Waals surface area contributed by atoms with E-state index in [0.29, 0.717) is 19.0 Å². The SMILES string of the molecule is [2H]c1c(OCCOC)cccc1OB(O)O. The van der Waals surface area contributed by atoms with E-state index < -0.39 is 7.32 Å². The Kier molecular flexibility index (Phi) is 4.31. The maximum Gasteiger partial charge on any atom is 0.707 e. The zero-order valence-electron chi connectivity index (χ0n) is 9.34. The number of hydrogen-bond donors (Lipinski definition) is 2. The van der Waals surface area contributed by atoms with Crippen LogP contribution in [-0.2, 0) is 4.74 Å². The molecule has 0 aliphatic heterocycles. The van der Waals surface area contributed by atoms with Crippen molar-refractivity contribution in [3.8, 4) is 11.5 Å². The van der Waals surface area contributed by atoms with E-state index in [1.165, 1.54) is 6.07 Å². The van der Waals surface area contributed by atoms with E-state index in [1.807, 2.05) is 0 Å². The second-order valence-corrected chi connectivity index (χ2v) is 2.66. The molecule has 5 nitrogen and oxygen atoms in total. The van der Waals surface area contributed by atoms with Crippen molar-refractivity contribution in [2.24, 2.45) is 0 Å². The zero-order chi connectivity index (χ0) is 12.0. The average Bonchev–Trinajstić information content (AvgIpc) is 2.23. The van der Waals surface area contributed by atoms with Crippen LogP contribution in [-0.4, -0.2) is 37.7 Å². The lowest BCUT2D eigenvalue weighted by Gasteiger charge is -2.08. The van der Waals surface area contributed by atoms with Gasteiger partial charge in [0.15, 0.2) is 0 Å². The second kappa shape index (κ2) is 6.29. The molecule has 0 saturated carbocycles. The molecule has 2 N–H and O–H groups in total. The molecule has 82 valence electrons. The van der Waals surface area contributed by atoms with Gasteiger partial charge >= 0.3 is 7.32 Å². The van der Waals surface area contributed by atoms with Gasteiger partial charge in [-0.3, -0.25) is 0 Å². The van der Waals surface area contributed by atoms with Gasteiger partial charge in [0.1, 0.15) is 18.1 Å². The Morgan fingerprint density at radius 2 is 2.07 bits per heavy atom. The summed E-state index contributed by atoms with van der Waals surface area (Å²) in [7, 11) is -0.398. The van der Waals surface area contributed by atoms with Gasteiger partial charge in [-0.2, -0.15) is 0 Å². The summed E-state index contributed by atoms with van der Waals surface area (Å²) in [6, 6.07) is 4.60. The Balaban J connectivity index is 2.70. The van der Waals surface area contributed by atoms with Crippen LogP contribution in [0.3, 0.4) is 0 Å². The van der Waals surface area contributed by atoms with Crippen molar-refractivity contribution in [1.29, 1.82) is 0 Å². The van der Waals surface area contributed by atoms with E-state index in [4.69, 9.17) is 20.9 Å². The number of methoxy groups -OCH3 is 1. The van der Waals surface area contributed by atoms with E-state index in [-0.39, 0.29) is 11.8 Å². The Morgan fingerprint density at radius 1 is 1.33 bits per heavy atom. The van der Waals surface area contributed by atoms with Crippen molar-refractivity contribution in [2.75, 3.05) is 20.3 Å². The zero-order valence-corrected chi connectivity index (χ0v) is 8.34. The first-order valence-electron chi connectivity index (χ1n) is 4.89. The van der Waals surface area contributed by atoms with Crippen LogP contribution in [0, 0.1) is 0 Å². The lowest BCUT2D eigenvalue weighted by Crippen LogP contribution is -2.20. The quantitative estimate of drug-likeness (QED) is 0.516. The van der Waals surface area contributed by atoms with Gasteiger partial charge in [-0.1, -0.05) is 6.07 Å². The van der Waals surface area contributed by atoms with E-state index in [0.717, 1.165) is 0 Å². The summed E-state index contributed by atoms with van der Waals surface area (Å²) in [4.78, 5) is 0. The first kappa shape index (κ1) is 10.3. The smallest absolute Gasteiger partial charge is 0.512 e. The van der Waals surface area contributed by atoms with Crippen molar-refractivity contribution >= 4 is 7.32 Å². The minimum atomic E-state index is -1.95. The molecule has 1 aromatic carbocycles. The normalized spacial score (nSPS) is 10.7. The van der Waals surface area contributed by atoms with Crippen LogP contribution >= 0.6 is 0 Å². The van der Waals surface area contributed by atoms with Gasteiger partial charge in [-0.15, -0.1) is 0 Å². The highest BCUT2D eigenvalue weighted by atomic mass is 16.6. The molecule has 0 amide bonds. The predicted octanol–water partition coefficient (Wildman–Crippen LogP) is 0.0601. The lowest BCUT2D eigenvalue weighted by molar-refractivity contribution is 0.146. The number of rotatable bonds is 6. The molecule has 0 unspecified atom stereocenters. The Hall–Kier alpha value is -1.24. The highest BCUT2D eigenvalue weighted by Gasteiger charge is 2.11. The number of hydrogen-bond acceptors (Lipinski definition) is 5. The first-order valence-corrected chi connectivity index (χ1v) is 4.39. The third-order valence-electron chi connectivity index (χ3n) is 1.52. The monoisotopic (exact) mass is 213 g/mol. The van der Waals surface area contributed by atoms with Crippen LogP contribution in [0.25, 0.3) is 0 Å². The van der Waals surface area contributed by atoms with Crippen molar-refractivity contribution in [3.05, 3.63) is 24.2 Å². The molecule has 0 heterocycles. The number of ether oxygens (including phenoxy) is 2. The van der Waals surface area contributed by atoms with E-state index in [9.17, 15) is 0 Å².